The van der Waals surface area contributed by atoms with Gasteiger partial charge in [-0.2, -0.15) is 0 Å². The highest BCUT2D eigenvalue weighted by molar-refractivity contribution is 6.03. The van der Waals surface area contributed by atoms with Crippen LogP contribution in [0.2, 0.25) is 0 Å². The fourth-order valence-corrected chi connectivity index (χ4v) is 3.74. The van der Waals surface area contributed by atoms with Crippen LogP contribution in [0, 0.1) is 0 Å². The van der Waals surface area contributed by atoms with Gasteiger partial charge in [0.25, 0.3) is 0 Å². The average molecular weight is 525 g/mol. The van der Waals surface area contributed by atoms with Crippen molar-refractivity contribution in [3.05, 3.63) is 70.8 Å². The van der Waals surface area contributed by atoms with Gasteiger partial charge in [0.05, 0.1) is 24.3 Å². The van der Waals surface area contributed by atoms with Gasteiger partial charge in [0.15, 0.2) is 0 Å². The number of carbonyl (C=O) groups is 4. The molecule has 6 heteroatoms. The van der Waals surface area contributed by atoms with E-state index in [0.29, 0.717) is 35.5 Å². The van der Waals surface area contributed by atoms with Crippen molar-refractivity contribution in [1.29, 1.82) is 0 Å². The van der Waals surface area contributed by atoms with E-state index in [1.165, 1.54) is 51.4 Å². The Morgan fingerprint density at radius 3 is 1.24 bits per heavy atom. The van der Waals surface area contributed by atoms with Crippen LogP contribution in [0.3, 0.4) is 0 Å². The summed E-state index contributed by atoms with van der Waals surface area (Å²) in [6.07, 6.45) is 15.1. The molecule has 0 fully saturated rings. The predicted molar refractivity (Wildman–Crippen MR) is 151 cm³/mol. The highest BCUT2D eigenvalue weighted by atomic mass is 16.5. The normalized spacial score (nSPS) is 10.2. The van der Waals surface area contributed by atoms with Gasteiger partial charge in [0.1, 0.15) is 12.6 Å². The van der Waals surface area contributed by atoms with Crippen LogP contribution >= 0.6 is 0 Å². The monoisotopic (exact) mass is 524 g/mol. The molecule has 0 heterocycles. The summed E-state index contributed by atoms with van der Waals surface area (Å²) in [6, 6.07) is 13.2. The first-order valence-electron chi connectivity index (χ1n) is 14.0. The minimum Gasteiger partial charge on any atom is -0.462 e. The van der Waals surface area contributed by atoms with E-state index < -0.39 is 11.9 Å². The lowest BCUT2D eigenvalue weighted by Crippen LogP contribution is -2.15. The van der Waals surface area contributed by atoms with E-state index >= 15 is 0 Å². The lowest BCUT2D eigenvalue weighted by Gasteiger charge is -2.10. The van der Waals surface area contributed by atoms with Crippen LogP contribution < -0.4 is 0 Å². The Bertz CT molecular complexity index is 859. The van der Waals surface area contributed by atoms with E-state index in [-0.39, 0.29) is 0 Å². The van der Waals surface area contributed by atoms with Crippen molar-refractivity contribution < 1.29 is 28.7 Å². The van der Waals surface area contributed by atoms with Crippen molar-refractivity contribution in [2.75, 3.05) is 13.2 Å². The smallest absolute Gasteiger partial charge is 0.339 e. The van der Waals surface area contributed by atoms with Crippen LogP contribution in [0.1, 0.15) is 132 Å². The van der Waals surface area contributed by atoms with Crippen molar-refractivity contribution in [2.24, 2.45) is 0 Å². The molecule has 0 spiro atoms. The van der Waals surface area contributed by atoms with E-state index in [1.807, 2.05) is 0 Å². The van der Waals surface area contributed by atoms with E-state index in [1.54, 1.807) is 48.5 Å². The number of esters is 2. The van der Waals surface area contributed by atoms with Crippen molar-refractivity contribution in [3.8, 4) is 0 Å². The molecular weight excluding hydrogens is 480 g/mol. The van der Waals surface area contributed by atoms with Gasteiger partial charge in [-0.1, -0.05) is 114 Å². The van der Waals surface area contributed by atoms with Gasteiger partial charge in [-0.25, -0.2) is 9.59 Å². The Hall–Kier alpha value is -3.28. The molecule has 0 aliphatic rings. The van der Waals surface area contributed by atoms with E-state index in [9.17, 15) is 19.2 Å². The largest absolute Gasteiger partial charge is 0.462 e. The van der Waals surface area contributed by atoms with Crippen LogP contribution in [0.25, 0.3) is 0 Å². The molecule has 0 saturated carbocycles. The molecule has 0 unspecified atom stereocenters. The second kappa shape index (κ2) is 21.8. The van der Waals surface area contributed by atoms with E-state index in [4.69, 9.17) is 9.47 Å². The summed E-state index contributed by atoms with van der Waals surface area (Å²) in [7, 11) is 0. The molecule has 0 aliphatic heterocycles. The third-order valence-electron chi connectivity index (χ3n) is 6.04. The Morgan fingerprint density at radius 1 is 0.553 bits per heavy atom. The first-order chi connectivity index (χ1) is 18.6. The van der Waals surface area contributed by atoms with Crippen molar-refractivity contribution in [3.63, 3.8) is 0 Å². The number of hydrogen-bond acceptors (Lipinski definition) is 6. The molecule has 6 nitrogen and oxygen atoms in total. The molecule has 0 aromatic heterocycles. The topological polar surface area (TPSA) is 86.7 Å². The summed E-state index contributed by atoms with van der Waals surface area (Å²) in [4.78, 5) is 44.9. The summed E-state index contributed by atoms with van der Waals surface area (Å²) < 4.78 is 10.7. The summed E-state index contributed by atoms with van der Waals surface area (Å²) in [5, 5.41) is 0. The third kappa shape index (κ3) is 14.5. The molecule has 0 N–H and O–H groups in total. The van der Waals surface area contributed by atoms with E-state index in [0.717, 1.165) is 38.3 Å². The van der Waals surface area contributed by atoms with Crippen molar-refractivity contribution >= 4 is 24.5 Å². The summed E-state index contributed by atoms with van der Waals surface area (Å²) >= 11 is 0. The molecule has 2 aromatic carbocycles. The maximum atomic E-state index is 12.4. The maximum Gasteiger partial charge on any atom is 0.339 e. The number of hydrogen-bond donors (Lipinski definition) is 0. The van der Waals surface area contributed by atoms with Gasteiger partial charge in [-0.05, 0) is 25.0 Å². The SMILES string of the molecule is CCCCCCCCOC(=O)c1ccccc1C(=O)OCCCCCCCC.O=Cc1ccc(C=O)cc1. The minimum atomic E-state index is -0.444. The number of aldehydes is 2. The van der Waals surface area contributed by atoms with Crippen LogP contribution in [0.15, 0.2) is 48.5 Å². The zero-order valence-electron chi connectivity index (χ0n) is 23.1. The van der Waals surface area contributed by atoms with Crippen LogP contribution in [-0.2, 0) is 9.47 Å². The fraction of sp³-hybridized carbons (Fsp3) is 0.500. The summed E-state index contributed by atoms with van der Waals surface area (Å²) in [5.74, 6) is -0.888. The van der Waals surface area contributed by atoms with Gasteiger partial charge in [-0.3, -0.25) is 9.59 Å². The lowest BCUT2D eigenvalue weighted by atomic mass is 10.1. The van der Waals surface area contributed by atoms with Gasteiger partial charge >= 0.3 is 11.9 Å². The van der Waals surface area contributed by atoms with Crippen molar-refractivity contribution in [2.45, 2.75) is 90.9 Å². The predicted octanol–water partition coefficient (Wildman–Crippen LogP) is 8.03. The maximum absolute atomic E-state index is 12.4. The second-order valence-electron chi connectivity index (χ2n) is 9.26. The lowest BCUT2D eigenvalue weighted by molar-refractivity contribution is 0.0450. The van der Waals surface area contributed by atoms with Gasteiger partial charge in [0.2, 0.25) is 0 Å². The number of rotatable bonds is 18. The standard InChI is InChI=1S/C24H38O4.C8H6O2/c1-3-5-7-9-11-15-19-27-23(25)21-17-13-14-18-22(21)24(26)28-20-16-12-10-8-6-4-2;9-5-7-1-2-8(6-10)4-3-7/h13-14,17-18H,3-12,15-16,19-20H2,1-2H3;1-6H. The Morgan fingerprint density at radius 2 is 0.895 bits per heavy atom. The Balaban J connectivity index is 0.000000600. The zero-order valence-corrected chi connectivity index (χ0v) is 23.1. The van der Waals surface area contributed by atoms with Crippen molar-refractivity contribution in [1.82, 2.24) is 0 Å². The average Bonchev–Trinajstić information content (AvgIpc) is 2.96. The number of ether oxygens (including phenoxy) is 2. The quantitative estimate of drug-likeness (QED) is 0.111. The summed E-state index contributed by atoms with van der Waals surface area (Å²) in [5.41, 5.74) is 1.76. The molecule has 0 bridgehead atoms. The third-order valence-corrected chi connectivity index (χ3v) is 6.04. The van der Waals surface area contributed by atoms with Crippen LogP contribution in [-0.4, -0.2) is 37.7 Å². The van der Waals surface area contributed by atoms with E-state index in [2.05, 4.69) is 13.8 Å². The highest BCUT2D eigenvalue weighted by Gasteiger charge is 2.18. The molecule has 2 rings (SSSR count). The molecule has 0 aliphatic carbocycles. The highest BCUT2D eigenvalue weighted by Crippen LogP contribution is 2.14. The first kappa shape index (κ1) is 32.7. The minimum absolute atomic E-state index is 0.293. The zero-order chi connectivity index (χ0) is 27.8. The molecule has 0 atom stereocenters. The van der Waals surface area contributed by atoms with Crippen LogP contribution in [0.4, 0.5) is 0 Å². The molecule has 38 heavy (non-hydrogen) atoms. The first-order valence-corrected chi connectivity index (χ1v) is 14.0. The molecule has 2 aromatic rings. The van der Waals surface area contributed by atoms with Gasteiger partial charge in [-0.15, -0.1) is 0 Å². The van der Waals surface area contributed by atoms with Gasteiger partial charge in [0, 0.05) is 11.1 Å². The Labute approximate surface area is 228 Å². The molecule has 0 saturated heterocycles. The Kier molecular flexibility index (Phi) is 18.8. The van der Waals surface area contributed by atoms with Gasteiger partial charge < -0.3 is 9.47 Å². The summed E-state index contributed by atoms with van der Waals surface area (Å²) in [6.45, 7) is 5.17. The number of carbonyl (C=O) groups excluding carboxylic acids is 4. The molecular formula is C32H44O6. The fourth-order valence-electron chi connectivity index (χ4n) is 3.74. The number of benzene rings is 2. The molecule has 208 valence electrons. The van der Waals surface area contributed by atoms with Crippen LogP contribution in [0.5, 0.6) is 0 Å². The molecule has 0 amide bonds. The second-order valence-corrected chi connectivity index (χ2v) is 9.26. The molecule has 0 radical (unpaired) electrons. The number of unbranched alkanes of at least 4 members (excludes halogenated alkanes) is 10.